The van der Waals surface area contributed by atoms with Gasteiger partial charge in [-0.2, -0.15) is 5.26 Å². The Morgan fingerprint density at radius 2 is 1.94 bits per heavy atom. The fourth-order valence-electron chi connectivity index (χ4n) is 3.34. The van der Waals surface area contributed by atoms with Crippen LogP contribution in [0.5, 0.6) is 11.5 Å². The molecule has 164 valence electrons. The monoisotopic (exact) mass is 440 g/mol. The van der Waals surface area contributed by atoms with Crippen LogP contribution in [0.15, 0.2) is 60.7 Å². The summed E-state index contributed by atoms with van der Waals surface area (Å²) in [6.07, 6.45) is 1.73. The molecule has 0 atom stereocenters. The van der Waals surface area contributed by atoms with Crippen molar-refractivity contribution in [1.29, 1.82) is 5.26 Å². The second-order valence-corrected chi connectivity index (χ2v) is 7.40. The van der Waals surface area contributed by atoms with E-state index in [0.717, 1.165) is 27.7 Å². The smallest absolute Gasteiger partial charge is 0.269 e. The number of imidazole rings is 1. The van der Waals surface area contributed by atoms with Gasteiger partial charge >= 0.3 is 0 Å². The highest BCUT2D eigenvalue weighted by atomic mass is 16.6. The van der Waals surface area contributed by atoms with E-state index in [2.05, 4.69) is 16.0 Å². The van der Waals surface area contributed by atoms with Crippen LogP contribution < -0.4 is 9.47 Å². The number of H-pyrrole nitrogens is 1. The SMILES string of the molecule is COc1cc(/C=C(/C#N)c2nc3ccc(C)cc3[nH]2)ccc1OCc1ccc([N+](=O)[O-])cc1. The number of nitro groups is 1. The number of allylic oxidation sites excluding steroid dienone is 1. The van der Waals surface area contributed by atoms with E-state index in [1.165, 1.54) is 19.2 Å². The lowest BCUT2D eigenvalue weighted by Crippen LogP contribution is -1.98. The van der Waals surface area contributed by atoms with Crippen molar-refractivity contribution < 1.29 is 14.4 Å². The number of rotatable bonds is 7. The van der Waals surface area contributed by atoms with Crippen molar-refractivity contribution in [2.45, 2.75) is 13.5 Å². The number of nitro benzene ring substituents is 1. The van der Waals surface area contributed by atoms with Gasteiger partial charge in [0.15, 0.2) is 11.5 Å². The molecule has 0 saturated heterocycles. The van der Waals surface area contributed by atoms with Gasteiger partial charge in [-0.3, -0.25) is 10.1 Å². The number of aryl methyl sites for hydroxylation is 1. The number of aromatic amines is 1. The third kappa shape index (κ3) is 4.83. The Labute approximate surface area is 189 Å². The molecule has 0 fully saturated rings. The summed E-state index contributed by atoms with van der Waals surface area (Å²) in [7, 11) is 1.54. The molecular formula is C25H20N4O4. The maximum atomic E-state index is 10.8. The average molecular weight is 440 g/mol. The van der Waals surface area contributed by atoms with Gasteiger partial charge in [0.2, 0.25) is 0 Å². The Balaban J connectivity index is 1.55. The number of benzene rings is 3. The normalized spacial score (nSPS) is 11.2. The minimum atomic E-state index is -0.443. The van der Waals surface area contributed by atoms with E-state index < -0.39 is 4.92 Å². The number of hydrogen-bond acceptors (Lipinski definition) is 6. The van der Waals surface area contributed by atoms with Gasteiger partial charge in [-0.15, -0.1) is 0 Å². The Kier molecular flexibility index (Phi) is 6.04. The molecule has 4 aromatic rings. The van der Waals surface area contributed by atoms with Crippen LogP contribution in [0, 0.1) is 28.4 Å². The minimum Gasteiger partial charge on any atom is -0.493 e. The van der Waals surface area contributed by atoms with E-state index in [4.69, 9.17) is 9.47 Å². The molecule has 8 nitrogen and oxygen atoms in total. The number of methoxy groups -OCH3 is 1. The number of hydrogen-bond donors (Lipinski definition) is 1. The van der Waals surface area contributed by atoms with Crippen molar-refractivity contribution in [3.8, 4) is 17.6 Å². The van der Waals surface area contributed by atoms with Gasteiger partial charge in [0.25, 0.3) is 5.69 Å². The molecule has 0 aliphatic carbocycles. The van der Waals surface area contributed by atoms with Crippen molar-refractivity contribution in [1.82, 2.24) is 9.97 Å². The molecule has 8 heteroatoms. The van der Waals surface area contributed by atoms with E-state index >= 15 is 0 Å². The number of fused-ring (bicyclic) bond motifs is 1. The molecule has 0 spiro atoms. The van der Waals surface area contributed by atoms with Crippen LogP contribution >= 0.6 is 0 Å². The van der Waals surface area contributed by atoms with Crippen LogP contribution in [0.1, 0.15) is 22.5 Å². The zero-order chi connectivity index (χ0) is 23.4. The molecule has 1 N–H and O–H groups in total. The lowest BCUT2D eigenvalue weighted by atomic mass is 10.1. The number of nitriles is 1. The van der Waals surface area contributed by atoms with Crippen LogP contribution in [0.4, 0.5) is 5.69 Å². The van der Waals surface area contributed by atoms with E-state index in [9.17, 15) is 15.4 Å². The summed E-state index contributed by atoms with van der Waals surface area (Å²) in [6, 6.07) is 19.6. The molecule has 4 rings (SSSR count). The van der Waals surface area contributed by atoms with E-state index in [1.54, 1.807) is 30.3 Å². The highest BCUT2D eigenvalue weighted by Crippen LogP contribution is 2.30. The van der Waals surface area contributed by atoms with Crippen LogP contribution in [0.25, 0.3) is 22.7 Å². The van der Waals surface area contributed by atoms with E-state index in [1.807, 2.05) is 31.2 Å². The van der Waals surface area contributed by atoms with Gasteiger partial charge in [-0.05, 0) is 66.1 Å². The molecule has 0 aliphatic heterocycles. The molecule has 0 aliphatic rings. The number of nitrogens with one attached hydrogen (secondary N) is 1. The first-order chi connectivity index (χ1) is 16.0. The van der Waals surface area contributed by atoms with E-state index in [0.29, 0.717) is 22.9 Å². The van der Waals surface area contributed by atoms with Gasteiger partial charge in [0.05, 0.1) is 28.6 Å². The summed E-state index contributed by atoms with van der Waals surface area (Å²) in [5.74, 6) is 1.52. The first kappa shape index (κ1) is 21.6. The quantitative estimate of drug-likeness (QED) is 0.233. The van der Waals surface area contributed by atoms with Crippen LogP contribution in [0.2, 0.25) is 0 Å². The summed E-state index contributed by atoms with van der Waals surface area (Å²) >= 11 is 0. The van der Waals surface area contributed by atoms with Crippen LogP contribution in [0.3, 0.4) is 0 Å². The summed E-state index contributed by atoms with van der Waals surface area (Å²) in [4.78, 5) is 18.1. The average Bonchev–Trinajstić information content (AvgIpc) is 3.24. The maximum absolute atomic E-state index is 10.8. The summed E-state index contributed by atoms with van der Waals surface area (Å²) in [5.41, 5.74) is 4.74. The highest BCUT2D eigenvalue weighted by molar-refractivity contribution is 5.90. The number of non-ortho nitro benzene ring substituents is 1. The predicted molar refractivity (Wildman–Crippen MR) is 125 cm³/mol. The van der Waals surface area contributed by atoms with Crippen molar-refractivity contribution in [3.63, 3.8) is 0 Å². The Morgan fingerprint density at radius 3 is 2.64 bits per heavy atom. The Bertz CT molecular complexity index is 1400. The van der Waals surface area contributed by atoms with Gasteiger partial charge in [0.1, 0.15) is 18.5 Å². The topological polar surface area (TPSA) is 114 Å². The second-order valence-electron chi connectivity index (χ2n) is 7.40. The molecule has 0 radical (unpaired) electrons. The van der Waals surface area contributed by atoms with E-state index in [-0.39, 0.29) is 12.3 Å². The zero-order valence-electron chi connectivity index (χ0n) is 18.0. The summed E-state index contributed by atoms with van der Waals surface area (Å²) in [5, 5.41) is 20.5. The third-order valence-electron chi connectivity index (χ3n) is 5.05. The Morgan fingerprint density at radius 1 is 1.15 bits per heavy atom. The lowest BCUT2D eigenvalue weighted by molar-refractivity contribution is -0.384. The molecule has 33 heavy (non-hydrogen) atoms. The fraction of sp³-hybridized carbons (Fsp3) is 0.120. The molecule has 3 aromatic carbocycles. The fourth-order valence-corrected chi connectivity index (χ4v) is 3.34. The molecule has 0 unspecified atom stereocenters. The van der Waals surface area contributed by atoms with Gasteiger partial charge in [0, 0.05) is 12.1 Å². The molecule has 0 bridgehead atoms. The molecule has 0 amide bonds. The molecule has 1 aromatic heterocycles. The first-order valence-electron chi connectivity index (χ1n) is 10.1. The lowest BCUT2D eigenvalue weighted by Gasteiger charge is -2.11. The summed E-state index contributed by atoms with van der Waals surface area (Å²) < 4.78 is 11.3. The summed E-state index contributed by atoms with van der Waals surface area (Å²) in [6.45, 7) is 2.23. The van der Waals surface area contributed by atoms with Gasteiger partial charge < -0.3 is 14.5 Å². The Hall–Kier alpha value is -4.64. The maximum Gasteiger partial charge on any atom is 0.269 e. The predicted octanol–water partition coefficient (Wildman–Crippen LogP) is 5.43. The largest absolute Gasteiger partial charge is 0.493 e. The number of ether oxygens (including phenoxy) is 2. The second kappa shape index (κ2) is 9.24. The molecular weight excluding hydrogens is 420 g/mol. The van der Waals surface area contributed by atoms with Crippen molar-refractivity contribution in [3.05, 3.63) is 93.3 Å². The van der Waals surface area contributed by atoms with Crippen molar-refractivity contribution in [2.75, 3.05) is 7.11 Å². The highest BCUT2D eigenvalue weighted by Gasteiger charge is 2.11. The van der Waals surface area contributed by atoms with Gasteiger partial charge in [-0.1, -0.05) is 12.1 Å². The zero-order valence-corrected chi connectivity index (χ0v) is 18.0. The standard InChI is InChI=1S/C25H20N4O4/c1-16-3-9-21-22(11-16)28-25(27-21)19(14-26)12-18-6-10-23(24(13-18)32-2)33-15-17-4-7-20(8-5-17)29(30)31/h3-13H,15H2,1-2H3,(H,27,28)/b19-12-. The number of nitrogens with zero attached hydrogens (tertiary/aromatic N) is 3. The van der Waals surface area contributed by atoms with Crippen molar-refractivity contribution in [2.24, 2.45) is 0 Å². The van der Waals surface area contributed by atoms with Gasteiger partial charge in [-0.25, -0.2) is 4.98 Å². The van der Waals surface area contributed by atoms with Crippen LogP contribution in [-0.4, -0.2) is 22.0 Å². The molecule has 0 saturated carbocycles. The molecule has 1 heterocycles. The van der Waals surface area contributed by atoms with Crippen molar-refractivity contribution >= 4 is 28.4 Å². The third-order valence-corrected chi connectivity index (χ3v) is 5.05. The minimum absolute atomic E-state index is 0.0281. The van der Waals surface area contributed by atoms with Crippen LogP contribution in [-0.2, 0) is 6.61 Å². The number of aromatic nitrogens is 2. The first-order valence-corrected chi connectivity index (χ1v) is 10.1.